The van der Waals surface area contributed by atoms with Crippen molar-refractivity contribution >= 4 is 11.7 Å². The van der Waals surface area contributed by atoms with E-state index in [9.17, 15) is 9.18 Å². The van der Waals surface area contributed by atoms with Crippen LogP contribution in [0.25, 0.3) is 11.3 Å². The van der Waals surface area contributed by atoms with Crippen LogP contribution in [0, 0.1) is 25.1 Å². The second-order valence-electron chi connectivity index (χ2n) is 5.58. The van der Waals surface area contributed by atoms with Crippen molar-refractivity contribution in [3.63, 3.8) is 0 Å². The van der Waals surface area contributed by atoms with Crippen LogP contribution >= 0.6 is 0 Å². The van der Waals surface area contributed by atoms with E-state index in [1.807, 2.05) is 30.3 Å². The molecule has 0 aliphatic carbocycles. The summed E-state index contributed by atoms with van der Waals surface area (Å²) in [6.45, 7) is 2.04. The van der Waals surface area contributed by atoms with Crippen LogP contribution in [0.3, 0.4) is 0 Å². The van der Waals surface area contributed by atoms with E-state index in [1.165, 1.54) is 12.1 Å². The van der Waals surface area contributed by atoms with Gasteiger partial charge in [0.15, 0.2) is 0 Å². The van der Waals surface area contributed by atoms with Crippen LogP contribution in [0.1, 0.15) is 15.9 Å². The Hall–Kier alpha value is -3.39. The first kappa shape index (κ1) is 16.5. The van der Waals surface area contributed by atoms with E-state index in [1.54, 1.807) is 23.9 Å². The number of carbonyl (C=O) groups excluding carboxylic acids is 1. The molecule has 0 unspecified atom stereocenters. The Morgan fingerprint density at radius 1 is 1.28 bits per heavy atom. The number of imidazole rings is 1. The van der Waals surface area contributed by atoms with Crippen molar-refractivity contribution in [2.24, 2.45) is 0 Å². The van der Waals surface area contributed by atoms with Gasteiger partial charge in [0.25, 0.3) is 5.91 Å². The third-order valence-corrected chi connectivity index (χ3v) is 3.75. The SMILES string of the molecule is C#CCn1cnc(-c2ccccc2)c1NC(=O)c1cc(C)ccc1F. The first-order chi connectivity index (χ1) is 12.1. The molecule has 3 aromatic rings. The molecule has 0 atom stereocenters. The minimum Gasteiger partial charge on any atom is -0.306 e. The van der Waals surface area contributed by atoms with Crippen molar-refractivity contribution in [3.8, 4) is 23.6 Å². The Kier molecular flexibility index (Phi) is 4.62. The predicted molar refractivity (Wildman–Crippen MR) is 95.6 cm³/mol. The fourth-order valence-corrected chi connectivity index (χ4v) is 2.53. The largest absolute Gasteiger partial charge is 0.306 e. The maximum Gasteiger partial charge on any atom is 0.259 e. The van der Waals surface area contributed by atoms with Gasteiger partial charge in [0.05, 0.1) is 18.4 Å². The van der Waals surface area contributed by atoms with Gasteiger partial charge < -0.3 is 9.88 Å². The van der Waals surface area contributed by atoms with Crippen molar-refractivity contribution in [1.82, 2.24) is 9.55 Å². The average molecular weight is 333 g/mol. The summed E-state index contributed by atoms with van der Waals surface area (Å²) in [5.41, 5.74) is 2.19. The van der Waals surface area contributed by atoms with Gasteiger partial charge in [-0.3, -0.25) is 4.79 Å². The molecule has 0 fully saturated rings. The van der Waals surface area contributed by atoms with Crippen LogP contribution in [0.2, 0.25) is 0 Å². The van der Waals surface area contributed by atoms with Gasteiger partial charge in [0, 0.05) is 5.56 Å². The normalized spacial score (nSPS) is 10.3. The summed E-state index contributed by atoms with van der Waals surface area (Å²) >= 11 is 0. The molecule has 1 heterocycles. The molecule has 0 aliphatic heterocycles. The number of terminal acetylenes is 1. The average Bonchev–Trinajstić information content (AvgIpc) is 3.00. The summed E-state index contributed by atoms with van der Waals surface area (Å²) in [6.07, 6.45) is 6.95. The fourth-order valence-electron chi connectivity index (χ4n) is 2.53. The van der Waals surface area contributed by atoms with Crippen LogP contribution < -0.4 is 5.32 Å². The van der Waals surface area contributed by atoms with Crippen LogP contribution in [-0.4, -0.2) is 15.5 Å². The van der Waals surface area contributed by atoms with Crippen molar-refractivity contribution in [2.75, 3.05) is 5.32 Å². The van der Waals surface area contributed by atoms with Crippen LogP contribution in [0.4, 0.5) is 10.2 Å². The topological polar surface area (TPSA) is 46.9 Å². The molecule has 2 aromatic carbocycles. The van der Waals surface area contributed by atoms with Gasteiger partial charge >= 0.3 is 0 Å². The lowest BCUT2D eigenvalue weighted by molar-refractivity contribution is 0.102. The zero-order valence-electron chi connectivity index (χ0n) is 13.7. The zero-order valence-corrected chi connectivity index (χ0v) is 13.7. The highest BCUT2D eigenvalue weighted by Crippen LogP contribution is 2.27. The van der Waals surface area contributed by atoms with E-state index >= 15 is 0 Å². The van der Waals surface area contributed by atoms with Crippen LogP contribution in [-0.2, 0) is 6.54 Å². The molecule has 1 amide bonds. The van der Waals surface area contributed by atoms with Gasteiger partial charge in [0.1, 0.15) is 17.3 Å². The lowest BCUT2D eigenvalue weighted by Gasteiger charge is -2.11. The number of benzene rings is 2. The Labute approximate surface area is 145 Å². The van der Waals surface area contributed by atoms with E-state index < -0.39 is 11.7 Å². The number of amides is 1. The van der Waals surface area contributed by atoms with E-state index in [4.69, 9.17) is 6.42 Å². The second-order valence-corrected chi connectivity index (χ2v) is 5.58. The number of hydrogen-bond acceptors (Lipinski definition) is 2. The Balaban J connectivity index is 2.01. The summed E-state index contributed by atoms with van der Waals surface area (Å²) in [5, 5.41) is 2.75. The Bertz CT molecular complexity index is 955. The molecule has 0 radical (unpaired) electrons. The van der Waals surface area contributed by atoms with Crippen molar-refractivity contribution < 1.29 is 9.18 Å². The predicted octanol–water partition coefficient (Wildman–Crippen LogP) is 3.88. The highest BCUT2D eigenvalue weighted by atomic mass is 19.1. The molecule has 0 saturated heterocycles. The van der Waals surface area contributed by atoms with Crippen molar-refractivity contribution in [1.29, 1.82) is 0 Å². The number of nitrogens with one attached hydrogen (secondary N) is 1. The minimum absolute atomic E-state index is 0.0209. The lowest BCUT2D eigenvalue weighted by Crippen LogP contribution is -2.17. The quantitative estimate of drug-likeness (QED) is 0.737. The molecule has 0 spiro atoms. The summed E-state index contributed by atoms with van der Waals surface area (Å²) in [5.74, 6) is 1.84. The molecule has 0 aliphatic rings. The van der Waals surface area contributed by atoms with Crippen LogP contribution in [0.5, 0.6) is 0 Å². The van der Waals surface area contributed by atoms with Gasteiger partial charge in [-0.05, 0) is 19.1 Å². The summed E-state index contributed by atoms with van der Waals surface area (Å²) in [7, 11) is 0. The summed E-state index contributed by atoms with van der Waals surface area (Å²) in [4.78, 5) is 16.9. The molecule has 124 valence electrons. The first-order valence-electron chi connectivity index (χ1n) is 7.71. The van der Waals surface area contributed by atoms with Crippen molar-refractivity contribution in [2.45, 2.75) is 13.5 Å². The molecule has 0 saturated carbocycles. The highest BCUT2D eigenvalue weighted by molar-refractivity contribution is 6.05. The number of nitrogens with zero attached hydrogens (tertiary/aromatic N) is 2. The van der Waals surface area contributed by atoms with Gasteiger partial charge in [-0.15, -0.1) is 6.42 Å². The molecule has 0 bridgehead atoms. The second kappa shape index (κ2) is 7.02. The number of aryl methyl sites for hydroxylation is 1. The highest BCUT2D eigenvalue weighted by Gasteiger charge is 2.18. The van der Waals surface area contributed by atoms with E-state index in [0.29, 0.717) is 11.5 Å². The standard InChI is InChI=1S/C20H16FN3O/c1-3-11-24-13-22-18(15-7-5-4-6-8-15)19(24)23-20(25)16-12-14(2)9-10-17(16)21/h1,4-10,12-13H,11H2,2H3,(H,23,25). The van der Waals surface area contributed by atoms with E-state index in [0.717, 1.165) is 11.1 Å². The number of hydrogen-bond donors (Lipinski definition) is 1. The summed E-state index contributed by atoms with van der Waals surface area (Å²) < 4.78 is 15.7. The number of halogens is 1. The monoisotopic (exact) mass is 333 g/mol. The molecule has 3 rings (SSSR count). The molecule has 25 heavy (non-hydrogen) atoms. The third-order valence-electron chi connectivity index (χ3n) is 3.75. The molecular weight excluding hydrogens is 317 g/mol. The van der Waals surface area contributed by atoms with Gasteiger partial charge in [-0.25, -0.2) is 9.37 Å². The zero-order chi connectivity index (χ0) is 17.8. The molecule has 4 nitrogen and oxygen atoms in total. The number of carbonyl (C=O) groups is 1. The third kappa shape index (κ3) is 3.43. The maximum absolute atomic E-state index is 14.0. The number of rotatable bonds is 4. The first-order valence-corrected chi connectivity index (χ1v) is 7.71. The Morgan fingerprint density at radius 3 is 2.76 bits per heavy atom. The van der Waals surface area contributed by atoms with Gasteiger partial charge in [-0.1, -0.05) is 47.9 Å². The van der Waals surface area contributed by atoms with E-state index in [-0.39, 0.29) is 12.1 Å². The number of aromatic nitrogens is 2. The molecular formula is C20H16FN3O. The minimum atomic E-state index is -0.577. The lowest BCUT2D eigenvalue weighted by atomic mass is 10.1. The van der Waals surface area contributed by atoms with E-state index in [2.05, 4.69) is 16.2 Å². The van der Waals surface area contributed by atoms with Gasteiger partial charge in [-0.2, -0.15) is 0 Å². The summed E-state index contributed by atoms with van der Waals surface area (Å²) in [6, 6.07) is 13.8. The van der Waals surface area contributed by atoms with Crippen LogP contribution in [0.15, 0.2) is 54.9 Å². The smallest absolute Gasteiger partial charge is 0.259 e. The number of anilines is 1. The van der Waals surface area contributed by atoms with Crippen molar-refractivity contribution in [3.05, 3.63) is 71.8 Å². The van der Waals surface area contributed by atoms with Gasteiger partial charge in [0.2, 0.25) is 0 Å². The maximum atomic E-state index is 14.0. The Morgan fingerprint density at radius 2 is 2.04 bits per heavy atom. The molecule has 5 heteroatoms. The molecule has 1 aromatic heterocycles. The molecule has 1 N–H and O–H groups in total. The fraction of sp³-hybridized carbons (Fsp3) is 0.100.